The minimum atomic E-state index is -0.804. The molecule has 0 bridgehead atoms. The number of hydrogen-bond donors (Lipinski definition) is 1. The third-order valence-corrected chi connectivity index (χ3v) is 2.90. The number of pyridine rings is 2. The lowest BCUT2D eigenvalue weighted by atomic mass is 10.1. The van der Waals surface area contributed by atoms with E-state index in [-0.39, 0.29) is 16.5 Å². The Bertz CT molecular complexity index is 790. The summed E-state index contributed by atoms with van der Waals surface area (Å²) in [6.45, 7) is 5.09. The molecule has 24 heavy (non-hydrogen) atoms. The van der Waals surface area contributed by atoms with Gasteiger partial charge < -0.3 is 4.74 Å². The molecule has 2 aromatic heterocycles. The van der Waals surface area contributed by atoms with Crippen molar-refractivity contribution in [1.29, 1.82) is 0 Å². The second kappa shape index (κ2) is 6.92. The molecule has 1 N–H and O–H groups in total. The number of ketones is 1. The molecule has 2 rings (SSSR count). The monoisotopic (exact) mass is 351 g/mol. The van der Waals surface area contributed by atoms with Gasteiger partial charge in [0.25, 0.3) is 0 Å². The second-order valence-electron chi connectivity index (χ2n) is 5.82. The smallest absolute Gasteiger partial charge is 0.412 e. The third-order valence-electron chi connectivity index (χ3n) is 2.69. The number of aromatic nitrogens is 2. The van der Waals surface area contributed by atoms with E-state index in [1.165, 1.54) is 24.4 Å². The number of carbonyl (C=O) groups is 2. The van der Waals surface area contributed by atoms with Crippen molar-refractivity contribution in [1.82, 2.24) is 9.97 Å². The molecule has 2 heterocycles. The molecule has 0 saturated carbocycles. The number of halogens is 2. The number of amides is 1. The first-order valence-electron chi connectivity index (χ1n) is 6.99. The van der Waals surface area contributed by atoms with Gasteiger partial charge in [0.2, 0.25) is 5.78 Å². The number of carbonyl (C=O) groups excluding carboxylic acids is 2. The van der Waals surface area contributed by atoms with E-state index in [0.29, 0.717) is 0 Å². The van der Waals surface area contributed by atoms with Crippen LogP contribution in [0.25, 0.3) is 0 Å². The Hall–Kier alpha value is -2.54. The van der Waals surface area contributed by atoms with E-state index in [2.05, 4.69) is 15.3 Å². The molecular weight excluding hydrogens is 337 g/mol. The zero-order valence-corrected chi connectivity index (χ0v) is 14.0. The molecule has 0 saturated heterocycles. The summed E-state index contributed by atoms with van der Waals surface area (Å²) in [7, 11) is 0. The van der Waals surface area contributed by atoms with Crippen LogP contribution in [0.1, 0.15) is 37.0 Å². The van der Waals surface area contributed by atoms with E-state index in [1.807, 2.05) is 0 Å². The summed E-state index contributed by atoms with van der Waals surface area (Å²) < 4.78 is 18.9. The normalized spacial score (nSPS) is 11.0. The molecule has 1 amide bonds. The summed E-state index contributed by atoms with van der Waals surface area (Å²) in [6, 6.07) is 5.23. The van der Waals surface area contributed by atoms with Gasteiger partial charge in [-0.1, -0.05) is 11.6 Å². The van der Waals surface area contributed by atoms with Crippen molar-refractivity contribution in [3.05, 3.63) is 52.8 Å². The second-order valence-corrected chi connectivity index (χ2v) is 6.21. The fourth-order valence-electron chi connectivity index (χ4n) is 1.79. The zero-order valence-electron chi connectivity index (χ0n) is 13.3. The van der Waals surface area contributed by atoms with Crippen LogP contribution in [0.3, 0.4) is 0 Å². The maximum absolute atomic E-state index is 13.8. The highest BCUT2D eigenvalue weighted by Crippen LogP contribution is 2.21. The van der Waals surface area contributed by atoms with Crippen LogP contribution in [0.2, 0.25) is 5.15 Å². The number of hydrogen-bond acceptors (Lipinski definition) is 5. The summed E-state index contributed by atoms with van der Waals surface area (Å²) in [5.41, 5.74) is -1.32. The van der Waals surface area contributed by atoms with Crippen LogP contribution in [-0.4, -0.2) is 27.4 Å². The summed E-state index contributed by atoms with van der Waals surface area (Å²) in [4.78, 5) is 32.0. The average Bonchev–Trinajstić information content (AvgIpc) is 2.47. The molecular formula is C16H15ClFN3O3. The van der Waals surface area contributed by atoms with Crippen molar-refractivity contribution < 1.29 is 18.7 Å². The lowest BCUT2D eigenvalue weighted by Crippen LogP contribution is -2.28. The maximum atomic E-state index is 13.8. The van der Waals surface area contributed by atoms with Gasteiger partial charge in [-0.15, -0.1) is 0 Å². The largest absolute Gasteiger partial charge is 0.444 e. The quantitative estimate of drug-likeness (QED) is 0.671. The van der Waals surface area contributed by atoms with Crippen molar-refractivity contribution in [2.75, 3.05) is 5.32 Å². The van der Waals surface area contributed by atoms with Gasteiger partial charge in [0.1, 0.15) is 22.1 Å². The van der Waals surface area contributed by atoms with Gasteiger partial charge in [-0.2, -0.15) is 0 Å². The van der Waals surface area contributed by atoms with Crippen LogP contribution in [0, 0.1) is 5.82 Å². The topological polar surface area (TPSA) is 81.2 Å². The molecule has 0 aliphatic heterocycles. The highest BCUT2D eigenvalue weighted by Gasteiger charge is 2.23. The number of nitrogens with zero attached hydrogens (tertiary/aromatic N) is 2. The maximum Gasteiger partial charge on any atom is 0.412 e. The van der Waals surface area contributed by atoms with Crippen LogP contribution in [0.15, 0.2) is 30.5 Å². The van der Waals surface area contributed by atoms with Crippen molar-refractivity contribution in [3.8, 4) is 0 Å². The number of nitrogens with one attached hydrogen (secondary N) is 1. The fraction of sp³-hybridized carbons (Fsp3) is 0.250. The van der Waals surface area contributed by atoms with Gasteiger partial charge in [-0.25, -0.2) is 19.2 Å². The zero-order chi connectivity index (χ0) is 17.9. The average molecular weight is 352 g/mol. The van der Waals surface area contributed by atoms with Crippen molar-refractivity contribution in [2.45, 2.75) is 26.4 Å². The molecule has 0 fully saturated rings. The van der Waals surface area contributed by atoms with Gasteiger partial charge in [0, 0.05) is 6.20 Å². The Morgan fingerprint density at radius 1 is 1.21 bits per heavy atom. The van der Waals surface area contributed by atoms with E-state index in [9.17, 15) is 14.0 Å². The first kappa shape index (κ1) is 17.8. The van der Waals surface area contributed by atoms with Gasteiger partial charge in [-0.3, -0.25) is 10.1 Å². The summed E-state index contributed by atoms with van der Waals surface area (Å²) >= 11 is 5.81. The summed E-state index contributed by atoms with van der Waals surface area (Å²) in [5, 5.41) is 2.43. The molecule has 0 aliphatic carbocycles. The molecule has 0 aliphatic rings. The minimum Gasteiger partial charge on any atom is -0.444 e. The molecule has 0 unspecified atom stereocenters. The number of rotatable bonds is 3. The third kappa shape index (κ3) is 4.48. The van der Waals surface area contributed by atoms with Gasteiger partial charge in [0.05, 0.1) is 5.69 Å². The van der Waals surface area contributed by atoms with Crippen molar-refractivity contribution in [2.24, 2.45) is 0 Å². The predicted molar refractivity (Wildman–Crippen MR) is 86.7 cm³/mol. The van der Waals surface area contributed by atoms with Gasteiger partial charge in [-0.05, 0) is 45.0 Å². The Morgan fingerprint density at radius 3 is 2.54 bits per heavy atom. The predicted octanol–water partition coefficient (Wildman–Crippen LogP) is 3.85. The minimum absolute atomic E-state index is 0.0180. The van der Waals surface area contributed by atoms with E-state index in [1.54, 1.807) is 20.8 Å². The Morgan fingerprint density at radius 2 is 1.92 bits per heavy atom. The fourth-order valence-corrected chi connectivity index (χ4v) is 1.94. The molecule has 8 heteroatoms. The van der Waals surface area contributed by atoms with Crippen LogP contribution < -0.4 is 5.32 Å². The van der Waals surface area contributed by atoms with E-state index < -0.39 is 29.0 Å². The van der Waals surface area contributed by atoms with Gasteiger partial charge >= 0.3 is 6.09 Å². The highest BCUT2D eigenvalue weighted by molar-refractivity contribution is 6.29. The summed E-state index contributed by atoms with van der Waals surface area (Å²) in [6.07, 6.45) is 0.504. The Balaban J connectivity index is 2.36. The Kier molecular flexibility index (Phi) is 5.14. The first-order chi connectivity index (χ1) is 11.2. The molecule has 0 atom stereocenters. The lowest BCUT2D eigenvalue weighted by molar-refractivity contribution is 0.0636. The number of ether oxygens (including phenoxy) is 1. The number of anilines is 1. The molecule has 0 aromatic carbocycles. The van der Waals surface area contributed by atoms with E-state index in [4.69, 9.17) is 16.3 Å². The standard InChI is InChI=1S/C16H15ClFN3O3/c1-16(2,3)24-15(23)20-10-6-7-11(17)21-13(10)14(22)12-9(18)5-4-8-19-12/h4-8H,1-3H3,(H,20,23). The van der Waals surface area contributed by atoms with Crippen LogP contribution in [-0.2, 0) is 4.74 Å². The molecule has 6 nitrogen and oxygen atoms in total. The Labute approximate surface area is 143 Å². The van der Waals surface area contributed by atoms with Crippen LogP contribution in [0.5, 0.6) is 0 Å². The first-order valence-corrected chi connectivity index (χ1v) is 7.37. The molecule has 126 valence electrons. The van der Waals surface area contributed by atoms with E-state index in [0.717, 1.165) is 6.07 Å². The van der Waals surface area contributed by atoms with Crippen LogP contribution >= 0.6 is 11.6 Å². The van der Waals surface area contributed by atoms with Gasteiger partial charge in [0.15, 0.2) is 5.82 Å². The van der Waals surface area contributed by atoms with Crippen molar-refractivity contribution >= 4 is 29.2 Å². The van der Waals surface area contributed by atoms with E-state index >= 15 is 0 Å². The highest BCUT2D eigenvalue weighted by atomic mass is 35.5. The summed E-state index contributed by atoms with van der Waals surface area (Å²) in [5.74, 6) is -1.60. The van der Waals surface area contributed by atoms with Crippen LogP contribution in [0.4, 0.5) is 14.9 Å². The molecule has 0 spiro atoms. The SMILES string of the molecule is CC(C)(C)OC(=O)Nc1ccc(Cl)nc1C(=O)c1ncccc1F. The van der Waals surface area contributed by atoms with Crippen molar-refractivity contribution in [3.63, 3.8) is 0 Å². The lowest BCUT2D eigenvalue weighted by Gasteiger charge is -2.20. The molecule has 0 radical (unpaired) electrons. The molecule has 2 aromatic rings.